The molecule has 0 aliphatic rings. The fourth-order valence-corrected chi connectivity index (χ4v) is 3.81. The van der Waals surface area contributed by atoms with Crippen molar-refractivity contribution in [2.45, 2.75) is 19.0 Å². The molecule has 3 aromatic rings. The van der Waals surface area contributed by atoms with Crippen LogP contribution in [0.3, 0.4) is 0 Å². The van der Waals surface area contributed by atoms with Crippen molar-refractivity contribution in [3.05, 3.63) is 46.2 Å². The van der Waals surface area contributed by atoms with Gasteiger partial charge >= 0.3 is 0 Å². The van der Waals surface area contributed by atoms with Gasteiger partial charge in [0.05, 0.1) is 16.3 Å². The minimum absolute atomic E-state index is 0.0460. The maximum atomic E-state index is 12.2. The highest BCUT2D eigenvalue weighted by Crippen LogP contribution is 2.23. The molecule has 2 aromatic heterocycles. The van der Waals surface area contributed by atoms with Crippen LogP contribution in [0.15, 0.2) is 41.6 Å². The molecule has 0 aliphatic carbocycles. The average molecular weight is 373 g/mol. The summed E-state index contributed by atoms with van der Waals surface area (Å²) in [6, 6.07) is 11.0. The van der Waals surface area contributed by atoms with Crippen LogP contribution in [0.5, 0.6) is 0 Å². The quantitative estimate of drug-likeness (QED) is 0.528. The lowest BCUT2D eigenvalue weighted by Crippen LogP contribution is -2.07. The standard InChI is InChI=1S/C16H15N5O2S2/c1-10-6-7-15(25-10)14(23)9-24-16-18-19-20-21(16)13-5-3-4-12(8-13)17-11(2)22/h3-8H,9H2,1-2H3,(H,17,22). The molecule has 1 N–H and O–H groups in total. The van der Waals surface area contributed by atoms with Gasteiger partial charge in [-0.1, -0.05) is 17.8 Å². The minimum Gasteiger partial charge on any atom is -0.326 e. The summed E-state index contributed by atoms with van der Waals surface area (Å²) in [5, 5.41) is 14.9. The van der Waals surface area contributed by atoms with Gasteiger partial charge in [0, 0.05) is 17.5 Å². The van der Waals surface area contributed by atoms with Gasteiger partial charge in [-0.3, -0.25) is 9.59 Å². The molecule has 0 fully saturated rings. The number of aromatic nitrogens is 4. The number of benzene rings is 1. The predicted octanol–water partition coefficient (Wildman–Crippen LogP) is 2.97. The van der Waals surface area contributed by atoms with Gasteiger partial charge in [0.1, 0.15) is 0 Å². The zero-order chi connectivity index (χ0) is 17.8. The summed E-state index contributed by atoms with van der Waals surface area (Å²) < 4.78 is 1.54. The molecular formula is C16H15N5O2S2. The van der Waals surface area contributed by atoms with Crippen LogP contribution in [-0.4, -0.2) is 37.7 Å². The van der Waals surface area contributed by atoms with Gasteiger partial charge in [-0.05, 0) is 47.7 Å². The summed E-state index contributed by atoms with van der Waals surface area (Å²) in [7, 11) is 0. The van der Waals surface area contributed by atoms with Crippen LogP contribution >= 0.6 is 23.1 Å². The van der Waals surface area contributed by atoms with Gasteiger partial charge in [-0.25, -0.2) is 0 Å². The van der Waals surface area contributed by atoms with E-state index in [1.807, 2.05) is 25.1 Å². The molecule has 0 bridgehead atoms. The third kappa shape index (κ3) is 4.31. The summed E-state index contributed by atoms with van der Waals surface area (Å²) in [4.78, 5) is 25.3. The van der Waals surface area contributed by atoms with E-state index in [0.29, 0.717) is 16.5 Å². The van der Waals surface area contributed by atoms with E-state index in [0.717, 1.165) is 9.75 Å². The maximum absolute atomic E-state index is 12.2. The van der Waals surface area contributed by atoms with Gasteiger partial charge in [0.25, 0.3) is 0 Å². The lowest BCUT2D eigenvalue weighted by Gasteiger charge is -2.07. The molecule has 2 heterocycles. The van der Waals surface area contributed by atoms with Crippen LogP contribution < -0.4 is 5.32 Å². The Morgan fingerprint density at radius 2 is 2.12 bits per heavy atom. The van der Waals surface area contributed by atoms with Crippen molar-refractivity contribution < 1.29 is 9.59 Å². The number of Topliss-reactive ketones (excluding diaryl/α,β-unsaturated/α-hetero) is 1. The van der Waals surface area contributed by atoms with E-state index in [1.54, 1.807) is 22.9 Å². The number of nitrogens with one attached hydrogen (secondary N) is 1. The lowest BCUT2D eigenvalue weighted by atomic mass is 10.3. The first-order valence-electron chi connectivity index (χ1n) is 7.42. The third-order valence-electron chi connectivity index (χ3n) is 3.20. The first-order valence-corrected chi connectivity index (χ1v) is 9.22. The highest BCUT2D eigenvalue weighted by atomic mass is 32.2. The smallest absolute Gasteiger partial charge is 0.221 e. The first kappa shape index (κ1) is 17.3. The van der Waals surface area contributed by atoms with Crippen LogP contribution in [0, 0.1) is 6.92 Å². The van der Waals surface area contributed by atoms with Crippen molar-refractivity contribution in [1.29, 1.82) is 0 Å². The molecule has 9 heteroatoms. The van der Waals surface area contributed by atoms with E-state index < -0.39 is 0 Å². The number of thiophene rings is 1. The summed E-state index contributed by atoms with van der Waals surface area (Å²) in [5.74, 6) is 0.149. The molecule has 3 rings (SSSR count). The van der Waals surface area contributed by atoms with E-state index in [2.05, 4.69) is 20.8 Å². The second-order valence-electron chi connectivity index (χ2n) is 5.23. The van der Waals surface area contributed by atoms with Crippen molar-refractivity contribution >= 4 is 40.5 Å². The molecular weight excluding hydrogens is 358 g/mol. The number of carbonyl (C=O) groups excluding carboxylic acids is 2. The summed E-state index contributed by atoms with van der Waals surface area (Å²) in [6.07, 6.45) is 0. The van der Waals surface area contributed by atoms with E-state index in [4.69, 9.17) is 0 Å². The molecule has 0 radical (unpaired) electrons. The number of aryl methyl sites for hydroxylation is 1. The summed E-state index contributed by atoms with van der Waals surface area (Å²) in [5.41, 5.74) is 1.36. The van der Waals surface area contributed by atoms with Gasteiger partial charge in [0.2, 0.25) is 11.1 Å². The van der Waals surface area contributed by atoms with E-state index >= 15 is 0 Å². The molecule has 0 saturated carbocycles. The Morgan fingerprint density at radius 1 is 1.28 bits per heavy atom. The van der Waals surface area contributed by atoms with Crippen LogP contribution in [0.2, 0.25) is 0 Å². The van der Waals surface area contributed by atoms with Crippen molar-refractivity contribution in [2.24, 2.45) is 0 Å². The van der Waals surface area contributed by atoms with Crippen molar-refractivity contribution in [3.63, 3.8) is 0 Å². The number of hydrogen-bond acceptors (Lipinski definition) is 7. The minimum atomic E-state index is -0.152. The molecule has 0 atom stereocenters. The molecule has 128 valence electrons. The normalized spacial score (nSPS) is 10.6. The number of carbonyl (C=O) groups is 2. The number of hydrogen-bond donors (Lipinski definition) is 1. The SMILES string of the molecule is CC(=O)Nc1cccc(-n2nnnc2SCC(=O)c2ccc(C)s2)c1. The van der Waals surface area contributed by atoms with E-state index in [9.17, 15) is 9.59 Å². The predicted molar refractivity (Wildman–Crippen MR) is 97.6 cm³/mol. The Bertz CT molecular complexity index is 919. The van der Waals surface area contributed by atoms with Gasteiger partial charge in [0.15, 0.2) is 5.78 Å². The van der Waals surface area contributed by atoms with Crippen LogP contribution in [-0.2, 0) is 4.79 Å². The topological polar surface area (TPSA) is 89.8 Å². The number of thioether (sulfide) groups is 1. The van der Waals surface area contributed by atoms with Crippen molar-refractivity contribution in [2.75, 3.05) is 11.1 Å². The summed E-state index contributed by atoms with van der Waals surface area (Å²) >= 11 is 2.76. The third-order valence-corrected chi connectivity index (χ3v) is 5.16. The van der Waals surface area contributed by atoms with Gasteiger partial charge in [-0.2, -0.15) is 4.68 Å². The number of tetrazole rings is 1. The zero-order valence-corrected chi connectivity index (χ0v) is 15.2. The Hall–Kier alpha value is -2.52. The molecule has 25 heavy (non-hydrogen) atoms. The monoisotopic (exact) mass is 373 g/mol. The number of rotatable bonds is 6. The molecule has 0 aliphatic heterocycles. The van der Waals surface area contributed by atoms with Crippen molar-refractivity contribution in [3.8, 4) is 5.69 Å². The number of amides is 1. The van der Waals surface area contributed by atoms with Gasteiger partial charge in [-0.15, -0.1) is 16.4 Å². The molecule has 0 spiro atoms. The van der Waals surface area contributed by atoms with Gasteiger partial charge < -0.3 is 5.32 Å². The molecule has 1 aromatic carbocycles. The molecule has 0 unspecified atom stereocenters. The second-order valence-corrected chi connectivity index (χ2v) is 7.46. The summed E-state index contributed by atoms with van der Waals surface area (Å²) in [6.45, 7) is 3.42. The molecule has 1 amide bonds. The highest BCUT2D eigenvalue weighted by Gasteiger charge is 2.14. The van der Waals surface area contributed by atoms with Crippen LogP contribution in [0.25, 0.3) is 5.69 Å². The Morgan fingerprint density at radius 3 is 2.84 bits per heavy atom. The molecule has 7 nitrogen and oxygen atoms in total. The Labute approximate surface area is 152 Å². The fraction of sp³-hybridized carbons (Fsp3) is 0.188. The first-order chi connectivity index (χ1) is 12.0. The molecule has 0 saturated heterocycles. The number of ketones is 1. The largest absolute Gasteiger partial charge is 0.326 e. The number of nitrogens with zero attached hydrogens (tertiary/aromatic N) is 4. The average Bonchev–Trinajstić information content (AvgIpc) is 3.21. The fourth-order valence-electron chi connectivity index (χ4n) is 2.14. The zero-order valence-electron chi connectivity index (χ0n) is 13.6. The Kier molecular flexibility index (Phi) is 5.25. The van der Waals surface area contributed by atoms with E-state index in [-0.39, 0.29) is 17.4 Å². The van der Waals surface area contributed by atoms with Crippen molar-refractivity contribution in [1.82, 2.24) is 20.2 Å². The maximum Gasteiger partial charge on any atom is 0.221 e. The van der Waals surface area contributed by atoms with Crippen LogP contribution in [0.4, 0.5) is 5.69 Å². The lowest BCUT2D eigenvalue weighted by molar-refractivity contribution is -0.114. The Balaban J connectivity index is 1.74. The number of anilines is 1. The van der Waals surface area contributed by atoms with Crippen LogP contribution in [0.1, 0.15) is 21.5 Å². The second kappa shape index (κ2) is 7.58. The highest BCUT2D eigenvalue weighted by molar-refractivity contribution is 7.99. The van der Waals surface area contributed by atoms with E-state index in [1.165, 1.54) is 30.0 Å².